The zero-order chi connectivity index (χ0) is 13.0. The predicted molar refractivity (Wildman–Crippen MR) is 73.9 cm³/mol. The smallest absolute Gasteiger partial charge is 0.0606 e. The SMILES string of the molecule is C#CCCC(O)C12CC3CC(C)(CC(C)(C3)C1)C2. The number of hydrogen-bond acceptors (Lipinski definition) is 1. The number of aliphatic hydroxyl groups is 1. The molecule has 0 heterocycles. The highest BCUT2D eigenvalue weighted by Gasteiger charge is 2.61. The zero-order valence-corrected chi connectivity index (χ0v) is 11.8. The summed E-state index contributed by atoms with van der Waals surface area (Å²) in [6, 6.07) is 0. The first kappa shape index (κ1) is 12.5. The van der Waals surface area contributed by atoms with Gasteiger partial charge in [0.25, 0.3) is 0 Å². The second-order valence-electron chi connectivity index (χ2n) is 8.25. The van der Waals surface area contributed by atoms with Gasteiger partial charge in [-0.25, -0.2) is 0 Å². The van der Waals surface area contributed by atoms with Crippen molar-refractivity contribution in [2.24, 2.45) is 22.2 Å². The van der Waals surface area contributed by atoms with E-state index in [1.165, 1.54) is 38.5 Å². The summed E-state index contributed by atoms with van der Waals surface area (Å²) in [5.74, 6) is 3.55. The molecule has 1 nitrogen and oxygen atoms in total. The third-order valence-corrected chi connectivity index (χ3v) is 5.94. The molecule has 4 bridgehead atoms. The van der Waals surface area contributed by atoms with E-state index in [4.69, 9.17) is 6.42 Å². The van der Waals surface area contributed by atoms with Crippen LogP contribution in [0.1, 0.15) is 65.2 Å². The van der Waals surface area contributed by atoms with Crippen LogP contribution in [-0.2, 0) is 0 Å². The normalized spacial score (nSPS) is 51.1. The summed E-state index contributed by atoms with van der Waals surface area (Å²) < 4.78 is 0. The van der Waals surface area contributed by atoms with Crippen LogP contribution in [0.4, 0.5) is 0 Å². The van der Waals surface area contributed by atoms with Gasteiger partial charge in [-0.15, -0.1) is 12.3 Å². The van der Waals surface area contributed by atoms with Crippen LogP contribution in [0.2, 0.25) is 0 Å². The summed E-state index contributed by atoms with van der Waals surface area (Å²) in [5.41, 5.74) is 1.18. The highest BCUT2D eigenvalue weighted by molar-refractivity contribution is 5.12. The van der Waals surface area contributed by atoms with Crippen molar-refractivity contribution in [3.63, 3.8) is 0 Å². The molecule has 4 saturated carbocycles. The molecule has 100 valence electrons. The number of aliphatic hydroxyl groups excluding tert-OH is 1. The van der Waals surface area contributed by atoms with E-state index in [2.05, 4.69) is 19.8 Å². The summed E-state index contributed by atoms with van der Waals surface area (Å²) in [6.07, 6.45) is 14.6. The van der Waals surface area contributed by atoms with Crippen molar-refractivity contribution in [1.82, 2.24) is 0 Å². The molecule has 0 aromatic carbocycles. The third-order valence-electron chi connectivity index (χ3n) is 5.94. The van der Waals surface area contributed by atoms with Gasteiger partial charge in [-0.1, -0.05) is 13.8 Å². The van der Waals surface area contributed by atoms with Crippen LogP contribution in [0, 0.1) is 34.5 Å². The van der Waals surface area contributed by atoms with Crippen molar-refractivity contribution < 1.29 is 5.11 Å². The predicted octanol–water partition coefficient (Wildman–Crippen LogP) is 3.76. The molecule has 1 N–H and O–H groups in total. The van der Waals surface area contributed by atoms with Gasteiger partial charge in [0, 0.05) is 6.42 Å². The minimum Gasteiger partial charge on any atom is -0.393 e. The van der Waals surface area contributed by atoms with Gasteiger partial charge in [0.05, 0.1) is 6.10 Å². The summed E-state index contributed by atoms with van der Waals surface area (Å²) in [4.78, 5) is 0. The highest BCUT2D eigenvalue weighted by atomic mass is 16.3. The average Bonchev–Trinajstić information content (AvgIpc) is 2.20. The first-order valence-corrected chi connectivity index (χ1v) is 7.50. The standard InChI is InChI=1S/C17H26O/c1-4-5-6-14(18)17-9-13-7-15(2,11-17)10-16(3,8-13)12-17/h1,13-14,18H,5-12H2,2-3H3. The Balaban J connectivity index is 1.87. The Morgan fingerprint density at radius 2 is 1.78 bits per heavy atom. The first-order chi connectivity index (χ1) is 8.39. The topological polar surface area (TPSA) is 20.2 Å². The lowest BCUT2D eigenvalue weighted by Crippen LogP contribution is -2.58. The fourth-order valence-electron chi connectivity index (χ4n) is 6.43. The third kappa shape index (κ3) is 1.81. The summed E-state index contributed by atoms with van der Waals surface area (Å²) in [7, 11) is 0. The monoisotopic (exact) mass is 246 g/mol. The lowest BCUT2D eigenvalue weighted by atomic mass is 9.39. The van der Waals surface area contributed by atoms with Gasteiger partial charge in [0.2, 0.25) is 0 Å². The highest BCUT2D eigenvalue weighted by Crippen LogP contribution is 2.70. The van der Waals surface area contributed by atoms with Gasteiger partial charge in [-0.3, -0.25) is 0 Å². The molecule has 0 aliphatic heterocycles. The van der Waals surface area contributed by atoms with Crippen LogP contribution in [-0.4, -0.2) is 11.2 Å². The Morgan fingerprint density at radius 1 is 1.17 bits per heavy atom. The Morgan fingerprint density at radius 3 is 2.28 bits per heavy atom. The Hall–Kier alpha value is -0.480. The molecule has 4 fully saturated rings. The molecule has 0 aromatic rings. The van der Waals surface area contributed by atoms with Gasteiger partial charge >= 0.3 is 0 Å². The molecule has 4 aliphatic carbocycles. The van der Waals surface area contributed by atoms with E-state index in [9.17, 15) is 5.11 Å². The summed E-state index contributed by atoms with van der Waals surface area (Å²) in [5, 5.41) is 10.7. The largest absolute Gasteiger partial charge is 0.393 e. The van der Waals surface area contributed by atoms with Crippen molar-refractivity contribution in [3.8, 4) is 12.3 Å². The summed E-state index contributed by atoms with van der Waals surface area (Å²) >= 11 is 0. The van der Waals surface area contributed by atoms with E-state index in [0.29, 0.717) is 10.8 Å². The maximum Gasteiger partial charge on any atom is 0.0606 e. The molecule has 4 aliphatic rings. The Bertz CT molecular complexity index is 373. The summed E-state index contributed by atoms with van der Waals surface area (Å²) in [6.45, 7) is 4.91. The van der Waals surface area contributed by atoms with E-state index < -0.39 is 0 Å². The Labute approximate surface area is 111 Å². The van der Waals surface area contributed by atoms with Crippen molar-refractivity contribution in [1.29, 1.82) is 0 Å². The average molecular weight is 246 g/mol. The fraction of sp³-hybridized carbons (Fsp3) is 0.882. The van der Waals surface area contributed by atoms with Gasteiger partial charge in [-0.2, -0.15) is 0 Å². The van der Waals surface area contributed by atoms with E-state index >= 15 is 0 Å². The molecule has 18 heavy (non-hydrogen) atoms. The molecule has 0 spiro atoms. The van der Waals surface area contributed by atoms with Crippen LogP contribution in [0.5, 0.6) is 0 Å². The van der Waals surface area contributed by atoms with Crippen molar-refractivity contribution in [3.05, 3.63) is 0 Å². The second kappa shape index (κ2) is 3.76. The van der Waals surface area contributed by atoms with E-state index in [1.54, 1.807) is 0 Å². The molecule has 0 saturated heterocycles. The van der Waals surface area contributed by atoms with E-state index in [0.717, 1.165) is 18.8 Å². The fourth-order valence-corrected chi connectivity index (χ4v) is 6.43. The molecule has 3 atom stereocenters. The van der Waals surface area contributed by atoms with Gasteiger partial charge in [0.1, 0.15) is 0 Å². The van der Waals surface area contributed by atoms with Crippen LogP contribution < -0.4 is 0 Å². The number of rotatable bonds is 3. The second-order valence-corrected chi connectivity index (χ2v) is 8.25. The van der Waals surface area contributed by atoms with Crippen LogP contribution >= 0.6 is 0 Å². The zero-order valence-electron chi connectivity index (χ0n) is 11.8. The minimum atomic E-state index is -0.171. The molecule has 0 aromatic heterocycles. The van der Waals surface area contributed by atoms with Crippen molar-refractivity contribution >= 4 is 0 Å². The maximum absolute atomic E-state index is 10.7. The first-order valence-electron chi connectivity index (χ1n) is 7.50. The lowest BCUT2D eigenvalue weighted by Gasteiger charge is -2.66. The van der Waals surface area contributed by atoms with Crippen molar-refractivity contribution in [2.75, 3.05) is 0 Å². The van der Waals surface area contributed by atoms with Crippen molar-refractivity contribution in [2.45, 2.75) is 71.3 Å². The quantitative estimate of drug-likeness (QED) is 0.752. The minimum absolute atomic E-state index is 0.171. The number of terminal acetylenes is 1. The molecule has 1 heteroatoms. The van der Waals surface area contributed by atoms with E-state index in [1.807, 2.05) is 0 Å². The molecule has 0 amide bonds. The molecule has 3 unspecified atom stereocenters. The van der Waals surface area contributed by atoms with Gasteiger partial charge in [-0.05, 0) is 67.1 Å². The van der Waals surface area contributed by atoms with Gasteiger partial charge < -0.3 is 5.11 Å². The lowest BCUT2D eigenvalue weighted by molar-refractivity contribution is -0.186. The van der Waals surface area contributed by atoms with Crippen LogP contribution in [0.3, 0.4) is 0 Å². The maximum atomic E-state index is 10.7. The van der Waals surface area contributed by atoms with Crippen LogP contribution in [0.25, 0.3) is 0 Å². The molecule has 4 rings (SSSR count). The Kier molecular flexibility index (Phi) is 2.62. The van der Waals surface area contributed by atoms with Crippen LogP contribution in [0.15, 0.2) is 0 Å². The molecular weight excluding hydrogens is 220 g/mol. The van der Waals surface area contributed by atoms with E-state index in [-0.39, 0.29) is 11.5 Å². The number of hydrogen-bond donors (Lipinski definition) is 1. The molecular formula is C17H26O. The van der Waals surface area contributed by atoms with Gasteiger partial charge in [0.15, 0.2) is 0 Å². The molecule has 0 radical (unpaired) electrons.